The molecule has 1 aliphatic heterocycles. The number of ether oxygens (including phenoxy) is 1. The summed E-state index contributed by atoms with van der Waals surface area (Å²) < 4.78 is 69.7. The van der Waals surface area contributed by atoms with E-state index in [-0.39, 0.29) is 10.9 Å². The molecule has 1 N–H and O–H groups in total. The third kappa shape index (κ3) is 6.58. The van der Waals surface area contributed by atoms with Crippen LogP contribution < -0.4 is 14.4 Å². The van der Waals surface area contributed by atoms with Gasteiger partial charge in [-0.05, 0) is 73.0 Å². The second kappa shape index (κ2) is 10.7. The summed E-state index contributed by atoms with van der Waals surface area (Å²) in [6, 6.07) is 15.9. The van der Waals surface area contributed by atoms with Crippen molar-refractivity contribution in [1.82, 2.24) is 4.72 Å². The number of hydrogen-bond donors (Lipinski definition) is 1. The van der Waals surface area contributed by atoms with E-state index in [2.05, 4.69) is 14.4 Å². The summed E-state index contributed by atoms with van der Waals surface area (Å²) in [4.78, 5) is 1.93. The maximum Gasteiger partial charge on any atom is 0.573 e. The highest BCUT2D eigenvalue weighted by Crippen LogP contribution is 2.40. The maximum absolute atomic E-state index is 13.0. The zero-order chi connectivity index (χ0) is 26.1. The van der Waals surface area contributed by atoms with Crippen LogP contribution in [0.15, 0.2) is 71.6 Å². The van der Waals surface area contributed by atoms with E-state index in [4.69, 9.17) is 34.8 Å². The highest BCUT2D eigenvalue weighted by atomic mass is 35.5. The predicted octanol–water partition coefficient (Wildman–Crippen LogP) is 7.23. The fourth-order valence-corrected chi connectivity index (χ4v) is 6.11. The summed E-state index contributed by atoms with van der Waals surface area (Å²) in [6.07, 6.45) is -3.98. The Kier molecular flexibility index (Phi) is 7.97. The molecular formula is C24H20Cl3F3N2O3S. The molecule has 0 aromatic heterocycles. The Morgan fingerprint density at radius 3 is 2.17 bits per heavy atom. The molecule has 36 heavy (non-hydrogen) atoms. The number of benzene rings is 3. The van der Waals surface area contributed by atoms with Crippen LogP contribution >= 0.6 is 34.8 Å². The number of sulfonamides is 1. The van der Waals surface area contributed by atoms with E-state index in [1.165, 1.54) is 0 Å². The number of halogens is 6. The van der Waals surface area contributed by atoms with Crippen molar-refractivity contribution in [1.29, 1.82) is 0 Å². The Bertz CT molecular complexity index is 1320. The Labute approximate surface area is 221 Å². The summed E-state index contributed by atoms with van der Waals surface area (Å²) in [5.41, 5.74) is 1.69. The van der Waals surface area contributed by atoms with Gasteiger partial charge in [0.25, 0.3) is 0 Å². The maximum atomic E-state index is 13.0. The molecule has 5 nitrogen and oxygen atoms in total. The van der Waals surface area contributed by atoms with Crippen molar-refractivity contribution in [3.8, 4) is 5.75 Å². The van der Waals surface area contributed by atoms with Crippen LogP contribution in [0.2, 0.25) is 15.1 Å². The van der Waals surface area contributed by atoms with Crippen LogP contribution in [0.5, 0.6) is 5.75 Å². The number of rotatable bonds is 6. The molecule has 1 unspecified atom stereocenters. The van der Waals surface area contributed by atoms with Crippen molar-refractivity contribution in [2.24, 2.45) is 0 Å². The molecule has 1 aliphatic rings. The molecule has 0 aliphatic carbocycles. The Hall–Kier alpha value is -2.17. The number of nitrogens with one attached hydrogen (secondary N) is 1. The first-order valence-electron chi connectivity index (χ1n) is 10.8. The normalized spacial score (nSPS) is 18.8. The smallest absolute Gasteiger partial charge is 0.406 e. The van der Waals surface area contributed by atoms with E-state index < -0.39 is 28.2 Å². The lowest BCUT2D eigenvalue weighted by atomic mass is 9.91. The Balaban J connectivity index is 1.56. The minimum absolute atomic E-state index is 0.164. The average Bonchev–Trinajstić information content (AvgIpc) is 2.79. The molecule has 0 bridgehead atoms. The van der Waals surface area contributed by atoms with Crippen molar-refractivity contribution in [2.75, 3.05) is 11.4 Å². The first-order chi connectivity index (χ1) is 16.9. The summed E-state index contributed by atoms with van der Waals surface area (Å²) in [5, 5.41) is 1.54. The van der Waals surface area contributed by atoms with Gasteiger partial charge in [-0.3, -0.25) is 0 Å². The molecule has 0 amide bonds. The van der Waals surface area contributed by atoms with Gasteiger partial charge >= 0.3 is 6.36 Å². The zero-order valence-electron chi connectivity index (χ0n) is 18.5. The lowest BCUT2D eigenvalue weighted by Crippen LogP contribution is -2.46. The molecule has 1 fully saturated rings. The molecule has 0 saturated carbocycles. The molecular weight excluding hydrogens is 560 g/mol. The summed E-state index contributed by atoms with van der Waals surface area (Å²) >= 11 is 18.6. The van der Waals surface area contributed by atoms with Crippen LogP contribution in [-0.2, 0) is 10.0 Å². The topological polar surface area (TPSA) is 58.6 Å². The van der Waals surface area contributed by atoms with E-state index in [0.29, 0.717) is 34.5 Å². The minimum Gasteiger partial charge on any atom is -0.406 e. The minimum atomic E-state index is -4.86. The highest BCUT2D eigenvalue weighted by Gasteiger charge is 2.34. The first kappa shape index (κ1) is 26.9. The molecule has 0 spiro atoms. The molecule has 4 rings (SSSR count). The molecule has 3 aromatic carbocycles. The van der Waals surface area contributed by atoms with Crippen LogP contribution in [0.25, 0.3) is 0 Å². The van der Waals surface area contributed by atoms with Crippen LogP contribution in [0.4, 0.5) is 18.9 Å². The van der Waals surface area contributed by atoms with Gasteiger partial charge in [-0.15, -0.1) is 13.2 Å². The van der Waals surface area contributed by atoms with Gasteiger partial charge in [-0.25, -0.2) is 13.1 Å². The third-order valence-corrected chi connectivity index (χ3v) is 8.09. The molecule has 2 atom stereocenters. The molecule has 1 saturated heterocycles. The van der Waals surface area contributed by atoms with Gasteiger partial charge in [0.15, 0.2) is 0 Å². The van der Waals surface area contributed by atoms with Gasteiger partial charge in [0.2, 0.25) is 10.0 Å². The van der Waals surface area contributed by atoms with Crippen molar-refractivity contribution in [3.05, 3.63) is 87.4 Å². The van der Waals surface area contributed by atoms with Crippen molar-refractivity contribution < 1.29 is 26.3 Å². The Morgan fingerprint density at radius 1 is 0.917 bits per heavy atom. The SMILES string of the molecule is O=S(=O)(NC1CCN(c2ccc(Cl)cc2Cl)[C@@H](c2ccc(Cl)cc2)C1)c1ccc(OC(F)(F)F)cc1. The monoisotopic (exact) mass is 578 g/mol. The number of nitrogens with zero attached hydrogens (tertiary/aromatic N) is 1. The van der Waals surface area contributed by atoms with Crippen molar-refractivity contribution in [3.63, 3.8) is 0 Å². The van der Waals surface area contributed by atoms with Crippen LogP contribution in [0.1, 0.15) is 24.4 Å². The number of anilines is 1. The number of piperidine rings is 1. The fraction of sp³-hybridized carbons (Fsp3) is 0.250. The third-order valence-electron chi connectivity index (χ3n) is 5.77. The van der Waals surface area contributed by atoms with Gasteiger partial charge in [0.1, 0.15) is 5.75 Å². The van der Waals surface area contributed by atoms with E-state index in [9.17, 15) is 21.6 Å². The van der Waals surface area contributed by atoms with E-state index in [1.54, 1.807) is 24.3 Å². The van der Waals surface area contributed by atoms with Crippen molar-refractivity contribution in [2.45, 2.75) is 36.2 Å². The first-order valence-corrected chi connectivity index (χ1v) is 13.4. The quantitative estimate of drug-likeness (QED) is 0.335. The summed E-state index contributed by atoms with van der Waals surface area (Å²) in [5.74, 6) is -0.502. The Morgan fingerprint density at radius 2 is 1.56 bits per heavy atom. The fourth-order valence-electron chi connectivity index (χ4n) is 4.18. The van der Waals surface area contributed by atoms with Crippen molar-refractivity contribution >= 4 is 50.5 Å². The number of alkyl halides is 3. The average molecular weight is 580 g/mol. The predicted molar refractivity (Wildman–Crippen MR) is 134 cm³/mol. The standard InChI is InChI=1S/C24H20Cl3F3N2O3S/c25-16-3-1-15(2-4-16)23-14-18(11-12-32(23)22-10-5-17(26)13-21(22)27)31-36(33,34)20-8-6-19(7-9-20)35-24(28,29)30/h1-10,13,18,23,31H,11-12,14H2/t18?,23-/m1/s1. The molecule has 1 heterocycles. The molecule has 0 radical (unpaired) electrons. The largest absolute Gasteiger partial charge is 0.573 e. The lowest BCUT2D eigenvalue weighted by molar-refractivity contribution is -0.274. The summed E-state index contributed by atoms with van der Waals surface area (Å²) in [6.45, 7) is 0.486. The zero-order valence-corrected chi connectivity index (χ0v) is 21.6. The van der Waals surface area contributed by atoms with E-state index in [1.807, 2.05) is 18.2 Å². The van der Waals surface area contributed by atoms with Gasteiger partial charge in [-0.1, -0.05) is 46.9 Å². The van der Waals surface area contributed by atoms with Crippen LogP contribution in [0, 0.1) is 0 Å². The highest BCUT2D eigenvalue weighted by molar-refractivity contribution is 7.89. The van der Waals surface area contributed by atoms with E-state index >= 15 is 0 Å². The lowest BCUT2D eigenvalue weighted by Gasteiger charge is -2.42. The number of hydrogen-bond acceptors (Lipinski definition) is 4. The van der Waals surface area contributed by atoms with Gasteiger partial charge < -0.3 is 9.64 Å². The molecule has 12 heteroatoms. The second-order valence-corrected chi connectivity index (χ2v) is 11.2. The molecule has 3 aromatic rings. The van der Waals surface area contributed by atoms with E-state index in [0.717, 1.165) is 35.5 Å². The molecule has 192 valence electrons. The van der Waals surface area contributed by atoms with Gasteiger partial charge in [0.05, 0.1) is 21.6 Å². The summed E-state index contributed by atoms with van der Waals surface area (Å²) in [7, 11) is -4.00. The second-order valence-electron chi connectivity index (χ2n) is 8.22. The van der Waals surface area contributed by atoms with Gasteiger partial charge in [0, 0.05) is 22.6 Å². The van der Waals surface area contributed by atoms with Crippen LogP contribution in [0.3, 0.4) is 0 Å². The van der Waals surface area contributed by atoms with Gasteiger partial charge in [-0.2, -0.15) is 0 Å². The van der Waals surface area contributed by atoms with Crippen LogP contribution in [-0.4, -0.2) is 27.4 Å².